The number of anilines is 1. The van der Waals surface area contributed by atoms with Gasteiger partial charge in [0.1, 0.15) is 0 Å². The van der Waals surface area contributed by atoms with Crippen molar-refractivity contribution < 1.29 is 4.52 Å². The van der Waals surface area contributed by atoms with Crippen molar-refractivity contribution in [2.75, 3.05) is 12.4 Å². The number of aromatic nitrogens is 3. The molecule has 1 N–H and O–H groups in total. The van der Waals surface area contributed by atoms with E-state index in [1.807, 2.05) is 43.4 Å². The summed E-state index contributed by atoms with van der Waals surface area (Å²) >= 11 is 0. The molecule has 2 aromatic heterocycles. The minimum atomic E-state index is 0.496. The molecule has 1 aromatic carbocycles. The van der Waals surface area contributed by atoms with Gasteiger partial charge in [0, 0.05) is 36.3 Å². The summed E-state index contributed by atoms with van der Waals surface area (Å²) in [7, 11) is 1.87. The molecule has 19 heavy (non-hydrogen) atoms. The highest BCUT2D eigenvalue weighted by molar-refractivity contribution is 5.63. The molecule has 0 radical (unpaired) electrons. The molecule has 0 spiro atoms. The predicted molar refractivity (Wildman–Crippen MR) is 72.5 cm³/mol. The van der Waals surface area contributed by atoms with E-state index in [0.717, 1.165) is 16.8 Å². The van der Waals surface area contributed by atoms with Crippen LogP contribution in [-0.2, 0) is 0 Å². The second-order valence-electron chi connectivity index (χ2n) is 4.00. The van der Waals surface area contributed by atoms with Gasteiger partial charge in [-0.25, -0.2) is 0 Å². The molecule has 3 aromatic rings. The molecular formula is C14H12N4O. The summed E-state index contributed by atoms with van der Waals surface area (Å²) in [5.74, 6) is 1.04. The maximum atomic E-state index is 5.29. The van der Waals surface area contributed by atoms with Crippen LogP contribution in [0.2, 0.25) is 0 Å². The second-order valence-corrected chi connectivity index (χ2v) is 4.00. The van der Waals surface area contributed by atoms with Crippen molar-refractivity contribution in [1.29, 1.82) is 0 Å². The van der Waals surface area contributed by atoms with Crippen LogP contribution in [0.5, 0.6) is 0 Å². The average molecular weight is 252 g/mol. The average Bonchev–Trinajstić information content (AvgIpc) is 2.98. The van der Waals surface area contributed by atoms with Gasteiger partial charge in [-0.2, -0.15) is 4.98 Å². The second kappa shape index (κ2) is 4.89. The van der Waals surface area contributed by atoms with Crippen LogP contribution >= 0.6 is 0 Å². The van der Waals surface area contributed by atoms with Gasteiger partial charge in [0.25, 0.3) is 5.89 Å². The number of hydrogen-bond acceptors (Lipinski definition) is 5. The molecule has 0 atom stereocenters. The van der Waals surface area contributed by atoms with Crippen LogP contribution in [0.4, 0.5) is 5.69 Å². The van der Waals surface area contributed by atoms with Crippen LogP contribution in [0.15, 0.2) is 53.3 Å². The smallest absolute Gasteiger partial charge is 0.258 e. The summed E-state index contributed by atoms with van der Waals surface area (Å²) in [6.45, 7) is 0. The first-order valence-corrected chi connectivity index (χ1v) is 5.89. The van der Waals surface area contributed by atoms with E-state index in [-0.39, 0.29) is 0 Å². The third-order valence-corrected chi connectivity index (χ3v) is 2.74. The SMILES string of the molecule is CNc1cccc(-c2nc(-c3cccnc3)no2)c1. The molecule has 3 rings (SSSR count). The van der Waals surface area contributed by atoms with Gasteiger partial charge >= 0.3 is 0 Å². The molecule has 94 valence electrons. The Labute approximate surface area is 110 Å². The minimum Gasteiger partial charge on any atom is -0.388 e. The summed E-state index contributed by atoms with van der Waals surface area (Å²) in [5, 5.41) is 7.05. The van der Waals surface area contributed by atoms with Gasteiger partial charge in [-0.1, -0.05) is 11.2 Å². The number of nitrogens with zero attached hydrogens (tertiary/aromatic N) is 3. The third kappa shape index (κ3) is 2.30. The predicted octanol–water partition coefficient (Wildman–Crippen LogP) is 2.84. The Kier molecular flexibility index (Phi) is 2.94. The van der Waals surface area contributed by atoms with Crippen molar-refractivity contribution in [2.45, 2.75) is 0 Å². The topological polar surface area (TPSA) is 63.8 Å². The van der Waals surface area contributed by atoms with Crippen molar-refractivity contribution in [1.82, 2.24) is 15.1 Å². The molecule has 0 saturated carbocycles. The Hall–Kier alpha value is -2.69. The van der Waals surface area contributed by atoms with E-state index in [0.29, 0.717) is 11.7 Å². The highest BCUT2D eigenvalue weighted by Crippen LogP contribution is 2.23. The van der Waals surface area contributed by atoms with E-state index in [1.54, 1.807) is 12.4 Å². The Balaban J connectivity index is 1.97. The van der Waals surface area contributed by atoms with Crippen LogP contribution in [0, 0.1) is 0 Å². The van der Waals surface area contributed by atoms with Gasteiger partial charge in [0.05, 0.1) is 0 Å². The molecule has 5 nitrogen and oxygen atoms in total. The molecule has 0 saturated heterocycles. The van der Waals surface area contributed by atoms with Gasteiger partial charge in [0.15, 0.2) is 0 Å². The summed E-state index contributed by atoms with van der Waals surface area (Å²) in [6, 6.07) is 11.5. The summed E-state index contributed by atoms with van der Waals surface area (Å²) in [4.78, 5) is 8.42. The molecule has 5 heteroatoms. The van der Waals surface area contributed by atoms with Crippen molar-refractivity contribution in [3.8, 4) is 22.8 Å². The van der Waals surface area contributed by atoms with Crippen LogP contribution in [0.25, 0.3) is 22.8 Å². The zero-order valence-electron chi connectivity index (χ0n) is 10.4. The molecule has 0 fully saturated rings. The standard InChI is InChI=1S/C14H12N4O/c1-15-12-6-2-4-10(8-12)14-17-13(18-19-14)11-5-3-7-16-9-11/h2-9,15H,1H3. The molecule has 0 aliphatic carbocycles. The van der Waals surface area contributed by atoms with Crippen molar-refractivity contribution in [3.05, 3.63) is 48.8 Å². The summed E-state index contributed by atoms with van der Waals surface area (Å²) in [6.07, 6.45) is 3.42. The van der Waals surface area contributed by atoms with Gasteiger partial charge in [-0.05, 0) is 30.3 Å². The number of rotatable bonds is 3. The Bertz CT molecular complexity index is 679. The molecule has 0 bridgehead atoms. The lowest BCUT2D eigenvalue weighted by atomic mass is 10.2. The van der Waals surface area contributed by atoms with Crippen molar-refractivity contribution in [2.24, 2.45) is 0 Å². The molecule has 0 aliphatic rings. The molecule has 2 heterocycles. The van der Waals surface area contributed by atoms with Crippen molar-refractivity contribution >= 4 is 5.69 Å². The normalized spacial score (nSPS) is 10.4. The first kappa shape index (κ1) is 11.4. The molecule has 0 unspecified atom stereocenters. The largest absolute Gasteiger partial charge is 0.388 e. The fourth-order valence-corrected chi connectivity index (χ4v) is 1.76. The first-order chi connectivity index (χ1) is 9.36. The molecule has 0 aliphatic heterocycles. The van der Waals surface area contributed by atoms with E-state index < -0.39 is 0 Å². The zero-order chi connectivity index (χ0) is 13.1. The molecule has 0 amide bonds. The number of pyridine rings is 1. The van der Waals surface area contributed by atoms with Gasteiger partial charge < -0.3 is 9.84 Å². The number of hydrogen-bond donors (Lipinski definition) is 1. The van der Waals surface area contributed by atoms with Crippen LogP contribution < -0.4 is 5.32 Å². The summed E-state index contributed by atoms with van der Waals surface area (Å²) in [5.41, 5.74) is 2.72. The summed E-state index contributed by atoms with van der Waals surface area (Å²) < 4.78 is 5.29. The van der Waals surface area contributed by atoms with Crippen LogP contribution in [0.1, 0.15) is 0 Å². The fourth-order valence-electron chi connectivity index (χ4n) is 1.76. The highest BCUT2D eigenvalue weighted by atomic mass is 16.5. The van der Waals surface area contributed by atoms with Gasteiger partial charge in [-0.3, -0.25) is 4.98 Å². The Morgan fingerprint density at radius 1 is 1.11 bits per heavy atom. The monoisotopic (exact) mass is 252 g/mol. The first-order valence-electron chi connectivity index (χ1n) is 5.89. The maximum Gasteiger partial charge on any atom is 0.258 e. The fraction of sp³-hybridized carbons (Fsp3) is 0.0714. The lowest BCUT2D eigenvalue weighted by Gasteiger charge is -2.00. The Morgan fingerprint density at radius 2 is 2.00 bits per heavy atom. The van der Waals surface area contributed by atoms with Gasteiger partial charge in [-0.15, -0.1) is 0 Å². The zero-order valence-corrected chi connectivity index (χ0v) is 10.4. The Morgan fingerprint density at radius 3 is 2.79 bits per heavy atom. The quantitative estimate of drug-likeness (QED) is 0.776. The molecular weight excluding hydrogens is 240 g/mol. The number of nitrogens with one attached hydrogen (secondary N) is 1. The lowest BCUT2D eigenvalue weighted by molar-refractivity contribution is 0.432. The van der Waals surface area contributed by atoms with E-state index >= 15 is 0 Å². The van der Waals surface area contributed by atoms with Gasteiger partial charge in [0.2, 0.25) is 5.82 Å². The van der Waals surface area contributed by atoms with Crippen LogP contribution in [0.3, 0.4) is 0 Å². The highest BCUT2D eigenvalue weighted by Gasteiger charge is 2.10. The maximum absolute atomic E-state index is 5.29. The van der Waals surface area contributed by atoms with E-state index in [1.165, 1.54) is 0 Å². The number of benzene rings is 1. The third-order valence-electron chi connectivity index (χ3n) is 2.74. The van der Waals surface area contributed by atoms with E-state index in [4.69, 9.17) is 4.52 Å². The lowest BCUT2D eigenvalue weighted by Crippen LogP contribution is -1.88. The van der Waals surface area contributed by atoms with Crippen molar-refractivity contribution in [3.63, 3.8) is 0 Å². The van der Waals surface area contributed by atoms with E-state index in [2.05, 4.69) is 20.4 Å². The minimum absolute atomic E-state index is 0.496. The van der Waals surface area contributed by atoms with E-state index in [9.17, 15) is 0 Å². The van der Waals surface area contributed by atoms with Crippen LogP contribution in [-0.4, -0.2) is 22.2 Å².